The fourth-order valence-corrected chi connectivity index (χ4v) is 5.39. The van der Waals surface area contributed by atoms with Crippen molar-refractivity contribution in [2.45, 2.75) is 30.8 Å². The Balaban J connectivity index is 1.57. The van der Waals surface area contributed by atoms with Crippen LogP contribution >= 0.6 is 0 Å². The van der Waals surface area contributed by atoms with E-state index in [-0.39, 0.29) is 16.9 Å². The number of oxazole rings is 1. The third-order valence-electron chi connectivity index (χ3n) is 5.94. The van der Waals surface area contributed by atoms with E-state index in [0.29, 0.717) is 6.54 Å². The highest BCUT2D eigenvalue weighted by Gasteiger charge is 2.26. The molecule has 5 rings (SSSR count). The predicted molar refractivity (Wildman–Crippen MR) is 121 cm³/mol. The second kappa shape index (κ2) is 8.33. The summed E-state index contributed by atoms with van der Waals surface area (Å²) in [5.74, 6) is -2.63. The number of anilines is 1. The Morgan fingerprint density at radius 1 is 1.21 bits per heavy atom. The smallest absolute Gasteiger partial charge is 0.408 e. The van der Waals surface area contributed by atoms with Gasteiger partial charge in [0.15, 0.2) is 5.58 Å². The van der Waals surface area contributed by atoms with Crippen molar-refractivity contribution >= 4 is 26.9 Å². The molecule has 0 aliphatic carbocycles. The maximum absolute atomic E-state index is 15.0. The first-order valence-electron chi connectivity index (χ1n) is 10.5. The molecule has 1 aliphatic rings. The first-order valence-corrected chi connectivity index (χ1v) is 12.0. The summed E-state index contributed by atoms with van der Waals surface area (Å²) in [6, 6.07) is 9.45. The Hall–Kier alpha value is -3.57. The van der Waals surface area contributed by atoms with Crippen LogP contribution in [-0.4, -0.2) is 24.5 Å². The summed E-state index contributed by atoms with van der Waals surface area (Å²) in [6.45, 7) is 3.33. The quantitative estimate of drug-likeness (QED) is 0.448. The van der Waals surface area contributed by atoms with Crippen molar-refractivity contribution in [3.8, 4) is 0 Å². The molecule has 3 heterocycles. The lowest BCUT2D eigenvalue weighted by Crippen LogP contribution is -2.27. The molecule has 0 bridgehead atoms. The van der Waals surface area contributed by atoms with E-state index in [1.165, 1.54) is 10.1 Å². The van der Waals surface area contributed by atoms with Gasteiger partial charge >= 0.3 is 5.76 Å². The highest BCUT2D eigenvalue weighted by molar-refractivity contribution is 7.92. The van der Waals surface area contributed by atoms with Crippen LogP contribution < -0.4 is 15.8 Å². The molecular formula is C23H20F2N4O4S. The molecule has 34 heavy (non-hydrogen) atoms. The molecule has 4 aromatic rings. The molecule has 0 saturated heterocycles. The Kier molecular flexibility index (Phi) is 5.45. The fourth-order valence-electron chi connectivity index (χ4n) is 4.31. The predicted octanol–water partition coefficient (Wildman–Crippen LogP) is 3.32. The number of hydrogen-bond donors (Lipinski definition) is 2. The molecule has 2 N–H and O–H groups in total. The average molecular weight is 487 g/mol. The number of aromatic nitrogens is 2. The molecule has 11 heteroatoms. The number of sulfonamides is 1. The van der Waals surface area contributed by atoms with Gasteiger partial charge in [-0.25, -0.2) is 27.0 Å². The number of rotatable bonds is 5. The number of nitrogens with one attached hydrogen (secondary N) is 2. The van der Waals surface area contributed by atoms with Gasteiger partial charge in [0.05, 0.1) is 17.8 Å². The van der Waals surface area contributed by atoms with Crippen molar-refractivity contribution < 1.29 is 21.6 Å². The van der Waals surface area contributed by atoms with Gasteiger partial charge in [0.2, 0.25) is 0 Å². The van der Waals surface area contributed by atoms with Gasteiger partial charge in [-0.3, -0.25) is 9.29 Å². The molecule has 2 aromatic carbocycles. The van der Waals surface area contributed by atoms with E-state index in [1.807, 2.05) is 25.1 Å². The van der Waals surface area contributed by atoms with Gasteiger partial charge in [0.25, 0.3) is 10.0 Å². The van der Waals surface area contributed by atoms with Crippen molar-refractivity contribution in [2.24, 2.45) is 0 Å². The highest BCUT2D eigenvalue weighted by Crippen LogP contribution is 2.30. The lowest BCUT2D eigenvalue weighted by molar-refractivity contribution is 0.486. The summed E-state index contributed by atoms with van der Waals surface area (Å²) in [7, 11) is -4.43. The van der Waals surface area contributed by atoms with E-state index in [1.54, 1.807) is 0 Å². The Morgan fingerprint density at radius 3 is 2.79 bits per heavy atom. The number of hydrogen-bond acceptors (Lipinski definition) is 6. The maximum Gasteiger partial charge on any atom is 0.420 e. The maximum atomic E-state index is 15.0. The third-order valence-corrected chi connectivity index (χ3v) is 7.31. The molecular weight excluding hydrogens is 466 g/mol. The van der Waals surface area contributed by atoms with Crippen LogP contribution in [0.2, 0.25) is 0 Å². The second-order valence-electron chi connectivity index (χ2n) is 8.04. The number of benzene rings is 2. The van der Waals surface area contributed by atoms with Crippen LogP contribution in [0.15, 0.2) is 62.8 Å². The SMILES string of the molecule is CC(c1cccc2c1CNCC2)n1c(=O)oc2cc(S(=O)(=O)Nc3ccc(F)cn3)c(F)cc21. The summed E-state index contributed by atoms with van der Waals surface area (Å²) < 4.78 is 62.3. The van der Waals surface area contributed by atoms with E-state index >= 15 is 4.39 Å². The topological polar surface area (TPSA) is 106 Å². The van der Waals surface area contributed by atoms with E-state index in [0.717, 1.165) is 54.6 Å². The lowest BCUT2D eigenvalue weighted by atomic mass is 9.92. The van der Waals surface area contributed by atoms with Crippen LogP contribution in [0.5, 0.6) is 0 Å². The standard InChI is InChI=1S/C23H20F2N4O4S/c1-13(16-4-2-3-14-7-8-26-12-17(14)16)29-19-9-18(25)21(10-20(19)33-23(29)30)34(31,32)28-22-6-5-15(24)11-27-22/h2-6,9-11,13,26H,7-8,12H2,1H3,(H,27,28). The first-order chi connectivity index (χ1) is 16.2. The van der Waals surface area contributed by atoms with Crippen molar-refractivity contribution in [2.75, 3.05) is 11.3 Å². The molecule has 8 nitrogen and oxygen atoms in total. The molecule has 176 valence electrons. The summed E-state index contributed by atoms with van der Waals surface area (Å²) >= 11 is 0. The van der Waals surface area contributed by atoms with E-state index in [9.17, 15) is 17.6 Å². The number of halogens is 2. The molecule has 0 saturated carbocycles. The minimum atomic E-state index is -4.43. The Bertz CT molecular complexity index is 1560. The molecule has 0 fully saturated rings. The lowest BCUT2D eigenvalue weighted by Gasteiger charge is -2.24. The van der Waals surface area contributed by atoms with Crippen LogP contribution in [0.3, 0.4) is 0 Å². The highest BCUT2D eigenvalue weighted by atomic mass is 32.2. The van der Waals surface area contributed by atoms with Gasteiger partial charge in [-0.05, 0) is 48.7 Å². The molecule has 1 aliphatic heterocycles. The third kappa shape index (κ3) is 3.86. The van der Waals surface area contributed by atoms with Crippen LogP contribution in [0.1, 0.15) is 29.7 Å². The normalized spacial score (nSPS) is 14.7. The Labute approximate surface area is 193 Å². The largest absolute Gasteiger partial charge is 0.420 e. The molecule has 0 radical (unpaired) electrons. The molecule has 1 unspecified atom stereocenters. The molecule has 2 aromatic heterocycles. The Morgan fingerprint density at radius 2 is 2.03 bits per heavy atom. The summed E-state index contributed by atoms with van der Waals surface area (Å²) in [5.41, 5.74) is 3.22. The number of fused-ring (bicyclic) bond motifs is 2. The van der Waals surface area contributed by atoms with Crippen LogP contribution in [0.4, 0.5) is 14.6 Å². The zero-order valence-corrected chi connectivity index (χ0v) is 18.8. The molecule has 0 spiro atoms. The number of pyridine rings is 1. The van der Waals surface area contributed by atoms with Crippen LogP contribution in [0.25, 0.3) is 11.1 Å². The second-order valence-corrected chi connectivity index (χ2v) is 9.69. The summed E-state index contributed by atoms with van der Waals surface area (Å²) in [6.07, 6.45) is 1.69. The zero-order chi connectivity index (χ0) is 24.0. The minimum absolute atomic E-state index is 0.0754. The zero-order valence-electron chi connectivity index (χ0n) is 18.0. The molecule has 0 amide bonds. The average Bonchev–Trinajstić information content (AvgIpc) is 3.13. The van der Waals surface area contributed by atoms with Crippen molar-refractivity contribution in [3.63, 3.8) is 0 Å². The van der Waals surface area contributed by atoms with Gasteiger partial charge < -0.3 is 9.73 Å². The summed E-state index contributed by atoms with van der Waals surface area (Å²) in [4.78, 5) is 15.7. The number of nitrogens with zero attached hydrogens (tertiary/aromatic N) is 2. The van der Waals surface area contributed by atoms with Gasteiger partial charge in [-0.15, -0.1) is 0 Å². The first kappa shape index (κ1) is 22.2. The van der Waals surface area contributed by atoms with Crippen molar-refractivity contribution in [1.29, 1.82) is 0 Å². The summed E-state index contributed by atoms with van der Waals surface area (Å²) in [5, 5.41) is 3.32. The van der Waals surface area contributed by atoms with Gasteiger partial charge in [-0.2, -0.15) is 0 Å². The fraction of sp³-hybridized carbons (Fsp3) is 0.217. The van der Waals surface area contributed by atoms with Crippen molar-refractivity contribution in [1.82, 2.24) is 14.9 Å². The van der Waals surface area contributed by atoms with Crippen LogP contribution in [0, 0.1) is 11.6 Å². The molecule has 1 atom stereocenters. The van der Waals surface area contributed by atoms with Crippen molar-refractivity contribution in [3.05, 3.63) is 87.5 Å². The van der Waals surface area contributed by atoms with Gasteiger partial charge in [0.1, 0.15) is 22.3 Å². The minimum Gasteiger partial charge on any atom is -0.408 e. The van der Waals surface area contributed by atoms with E-state index < -0.39 is 38.4 Å². The van der Waals surface area contributed by atoms with Gasteiger partial charge in [0, 0.05) is 18.7 Å². The van der Waals surface area contributed by atoms with E-state index in [2.05, 4.69) is 15.0 Å². The monoisotopic (exact) mass is 486 g/mol. The van der Waals surface area contributed by atoms with E-state index in [4.69, 9.17) is 4.42 Å². The van der Waals surface area contributed by atoms with Gasteiger partial charge in [-0.1, -0.05) is 18.2 Å². The van der Waals surface area contributed by atoms with Crippen LogP contribution in [-0.2, 0) is 23.0 Å².